The van der Waals surface area contributed by atoms with E-state index in [1.165, 1.54) is 30.3 Å². The molecule has 4 aromatic rings. The number of sulfonamides is 1. The highest BCUT2D eigenvalue weighted by Gasteiger charge is 2.33. The summed E-state index contributed by atoms with van der Waals surface area (Å²) in [6, 6.07) is 19.2. The molecule has 1 aromatic heterocycles. The maximum Gasteiger partial charge on any atom is 0.416 e. The van der Waals surface area contributed by atoms with Gasteiger partial charge in [-0.05, 0) is 92.0 Å². The molecule has 0 bridgehead atoms. The smallest absolute Gasteiger partial charge is 0.334 e. The van der Waals surface area contributed by atoms with Crippen molar-refractivity contribution in [3.8, 4) is 11.1 Å². The number of amides is 2. The summed E-state index contributed by atoms with van der Waals surface area (Å²) in [6.45, 7) is 1.22. The highest BCUT2D eigenvalue weighted by molar-refractivity contribution is 7.92. The molecule has 2 heterocycles. The van der Waals surface area contributed by atoms with Gasteiger partial charge >= 0.3 is 12.2 Å². The van der Waals surface area contributed by atoms with Crippen LogP contribution in [0.5, 0.6) is 0 Å². The Balaban J connectivity index is 1.38. The van der Waals surface area contributed by atoms with Crippen LogP contribution in [0.3, 0.4) is 0 Å². The Bertz CT molecular complexity index is 1720. The Hall–Kier alpha value is -4.42. The molecule has 0 spiro atoms. The summed E-state index contributed by atoms with van der Waals surface area (Å²) < 4.78 is 71.0. The van der Waals surface area contributed by atoms with E-state index in [1.54, 1.807) is 30.6 Å². The number of hydrogen-bond donors (Lipinski definition) is 3. The van der Waals surface area contributed by atoms with Gasteiger partial charge in [-0.3, -0.25) is 9.71 Å². The van der Waals surface area contributed by atoms with Crippen LogP contribution in [0.25, 0.3) is 11.1 Å². The predicted octanol–water partition coefficient (Wildman–Crippen LogP) is 6.53. The van der Waals surface area contributed by atoms with Crippen LogP contribution in [-0.2, 0) is 29.2 Å². The van der Waals surface area contributed by atoms with Gasteiger partial charge in [0.15, 0.2) is 0 Å². The number of likely N-dealkylation sites (N-methyl/N-ethyl adjacent to an activating group) is 1. The molecule has 230 valence electrons. The van der Waals surface area contributed by atoms with Crippen molar-refractivity contribution in [2.45, 2.75) is 42.9 Å². The number of aromatic nitrogens is 1. The molecule has 44 heavy (non-hydrogen) atoms. The van der Waals surface area contributed by atoms with Gasteiger partial charge in [0.2, 0.25) is 0 Å². The number of anilines is 2. The largest absolute Gasteiger partial charge is 0.416 e. The summed E-state index contributed by atoms with van der Waals surface area (Å²) in [5.74, 6) is 0. The molecule has 3 N–H and O–H groups in total. The molecule has 1 aliphatic rings. The number of nitrogens with zero attached hydrogens (tertiary/aromatic N) is 2. The van der Waals surface area contributed by atoms with E-state index in [9.17, 15) is 26.4 Å². The van der Waals surface area contributed by atoms with Crippen LogP contribution < -0.4 is 15.4 Å². The standard InChI is InChI=1S/C32H32F3N5O3S/c1-40-17-5-8-27(40)18-23-7-2-3-9-28(23)29-15-10-24(32(33,34)35)19-30(29)44(42,43)39-26-13-11-25(12-14-26)38-31(41)37-21-22-6-4-16-36-20-22/h2-4,6-7,9-16,19-20,27,39H,5,8,17-18,21H2,1H3,(H2,37,38,41). The number of halogens is 3. The maximum atomic E-state index is 13.7. The molecule has 1 fully saturated rings. The number of rotatable bonds is 9. The lowest BCUT2D eigenvalue weighted by Crippen LogP contribution is -2.28. The zero-order chi connectivity index (χ0) is 31.3. The quantitative estimate of drug-likeness (QED) is 0.197. The molecule has 2 amide bonds. The molecular weight excluding hydrogens is 591 g/mol. The summed E-state index contributed by atoms with van der Waals surface area (Å²) in [6.07, 6.45) is 1.20. The Morgan fingerprint density at radius 1 is 0.977 bits per heavy atom. The molecule has 1 aliphatic heterocycles. The fourth-order valence-corrected chi connectivity index (χ4v) is 6.59. The normalized spacial score (nSPS) is 15.6. The second-order valence-electron chi connectivity index (χ2n) is 10.7. The third-order valence-corrected chi connectivity index (χ3v) is 9.03. The van der Waals surface area contributed by atoms with Gasteiger partial charge in [-0.25, -0.2) is 13.2 Å². The van der Waals surface area contributed by atoms with Crippen molar-refractivity contribution in [2.75, 3.05) is 23.6 Å². The first kappa shape index (κ1) is 31.0. The lowest BCUT2D eigenvalue weighted by molar-refractivity contribution is -0.137. The molecule has 1 atom stereocenters. The number of nitrogens with one attached hydrogen (secondary N) is 3. The third-order valence-electron chi connectivity index (χ3n) is 7.60. The number of alkyl halides is 3. The molecule has 8 nitrogen and oxygen atoms in total. The first-order valence-electron chi connectivity index (χ1n) is 14.1. The van der Waals surface area contributed by atoms with Gasteiger partial charge in [-0.15, -0.1) is 0 Å². The number of hydrogen-bond acceptors (Lipinski definition) is 5. The van der Waals surface area contributed by atoms with Gasteiger partial charge in [-0.2, -0.15) is 13.2 Å². The second kappa shape index (κ2) is 13.1. The van der Waals surface area contributed by atoms with Crippen LogP contribution in [0.15, 0.2) is 96.2 Å². The summed E-state index contributed by atoms with van der Waals surface area (Å²) in [4.78, 5) is 18.0. The molecule has 3 aromatic carbocycles. The fraction of sp³-hybridized carbons (Fsp3) is 0.250. The van der Waals surface area contributed by atoms with E-state index in [0.29, 0.717) is 23.7 Å². The van der Waals surface area contributed by atoms with Crippen LogP contribution in [0, 0.1) is 0 Å². The molecule has 5 rings (SSSR count). The minimum atomic E-state index is -4.74. The lowest BCUT2D eigenvalue weighted by Gasteiger charge is -2.22. The van der Waals surface area contributed by atoms with E-state index in [2.05, 4.69) is 25.2 Å². The number of carbonyl (C=O) groups excluding carboxylic acids is 1. The molecular formula is C32H32F3N5O3S. The third kappa shape index (κ3) is 7.56. The van der Waals surface area contributed by atoms with Crippen molar-refractivity contribution in [1.29, 1.82) is 0 Å². The molecule has 0 radical (unpaired) electrons. The first-order valence-corrected chi connectivity index (χ1v) is 15.5. The molecule has 0 saturated carbocycles. The van der Waals surface area contributed by atoms with E-state index in [0.717, 1.165) is 36.6 Å². The Morgan fingerprint density at radius 3 is 2.41 bits per heavy atom. The van der Waals surface area contributed by atoms with Crippen LogP contribution >= 0.6 is 0 Å². The zero-order valence-corrected chi connectivity index (χ0v) is 24.8. The second-order valence-corrected chi connectivity index (χ2v) is 12.3. The lowest BCUT2D eigenvalue weighted by atomic mass is 9.93. The minimum absolute atomic E-state index is 0.121. The first-order chi connectivity index (χ1) is 21.0. The van der Waals surface area contributed by atoms with Crippen LogP contribution in [0.1, 0.15) is 29.5 Å². The van der Waals surface area contributed by atoms with Gasteiger partial charge in [-0.1, -0.05) is 36.4 Å². The maximum absolute atomic E-state index is 13.7. The van der Waals surface area contributed by atoms with Crippen molar-refractivity contribution in [2.24, 2.45) is 0 Å². The Kier molecular flexibility index (Phi) is 9.21. The van der Waals surface area contributed by atoms with Crippen molar-refractivity contribution >= 4 is 27.4 Å². The summed E-state index contributed by atoms with van der Waals surface area (Å²) >= 11 is 0. The van der Waals surface area contributed by atoms with E-state index in [-0.39, 0.29) is 23.8 Å². The van der Waals surface area contributed by atoms with Gasteiger partial charge in [0.05, 0.1) is 10.5 Å². The predicted molar refractivity (Wildman–Crippen MR) is 164 cm³/mol. The van der Waals surface area contributed by atoms with E-state index < -0.39 is 32.7 Å². The number of benzene rings is 3. The monoisotopic (exact) mass is 623 g/mol. The molecule has 12 heteroatoms. The number of pyridine rings is 1. The van der Waals surface area contributed by atoms with Gasteiger partial charge in [0, 0.05) is 41.9 Å². The molecule has 0 aliphatic carbocycles. The van der Waals surface area contributed by atoms with Crippen LogP contribution in [0.4, 0.5) is 29.3 Å². The van der Waals surface area contributed by atoms with E-state index >= 15 is 0 Å². The number of likely N-dealkylation sites (tertiary alicyclic amines) is 1. The Labute approximate surface area is 254 Å². The van der Waals surface area contributed by atoms with Gasteiger partial charge in [0.1, 0.15) is 0 Å². The minimum Gasteiger partial charge on any atom is -0.334 e. The highest BCUT2D eigenvalue weighted by atomic mass is 32.2. The number of carbonyl (C=O) groups is 1. The highest BCUT2D eigenvalue weighted by Crippen LogP contribution is 2.38. The average molecular weight is 624 g/mol. The van der Waals surface area contributed by atoms with Crippen LogP contribution in [-0.4, -0.2) is 44.0 Å². The zero-order valence-electron chi connectivity index (χ0n) is 23.9. The van der Waals surface area contributed by atoms with Crippen molar-refractivity contribution < 1.29 is 26.4 Å². The molecule has 1 unspecified atom stereocenters. The van der Waals surface area contributed by atoms with Crippen molar-refractivity contribution in [3.05, 3.63) is 108 Å². The fourth-order valence-electron chi connectivity index (χ4n) is 5.29. The average Bonchev–Trinajstić information content (AvgIpc) is 3.41. The van der Waals surface area contributed by atoms with Gasteiger partial charge in [0.25, 0.3) is 10.0 Å². The summed E-state index contributed by atoms with van der Waals surface area (Å²) in [5, 5.41) is 5.35. The summed E-state index contributed by atoms with van der Waals surface area (Å²) in [5.41, 5.74) is 1.88. The van der Waals surface area contributed by atoms with Crippen molar-refractivity contribution in [1.82, 2.24) is 15.2 Å². The molecule has 1 saturated heterocycles. The van der Waals surface area contributed by atoms with Crippen molar-refractivity contribution in [3.63, 3.8) is 0 Å². The number of urea groups is 1. The Morgan fingerprint density at radius 2 is 1.73 bits per heavy atom. The van der Waals surface area contributed by atoms with E-state index in [4.69, 9.17) is 0 Å². The van der Waals surface area contributed by atoms with Crippen LogP contribution in [0.2, 0.25) is 0 Å². The topological polar surface area (TPSA) is 103 Å². The summed E-state index contributed by atoms with van der Waals surface area (Å²) in [7, 11) is -2.44. The van der Waals surface area contributed by atoms with Gasteiger partial charge < -0.3 is 15.5 Å². The van der Waals surface area contributed by atoms with E-state index in [1.807, 2.05) is 25.2 Å². The SMILES string of the molecule is CN1CCCC1Cc1ccccc1-c1ccc(C(F)(F)F)cc1S(=O)(=O)Nc1ccc(NC(=O)NCc2cccnc2)cc1.